The molecule has 0 unspecified atom stereocenters. The Balaban J connectivity index is 0. The van der Waals surface area contributed by atoms with Gasteiger partial charge >= 0.3 is 51.4 Å². The van der Waals surface area contributed by atoms with Crippen molar-refractivity contribution in [2.24, 2.45) is 0 Å². The molecule has 4 nitrogen and oxygen atoms in total. The van der Waals surface area contributed by atoms with E-state index in [0.717, 1.165) is 0 Å². The quantitative estimate of drug-likeness (QED) is 0.262. The number of rotatable bonds is 1. The minimum absolute atomic E-state index is 0. The van der Waals surface area contributed by atoms with Gasteiger partial charge < -0.3 is 0 Å². The van der Waals surface area contributed by atoms with Crippen molar-refractivity contribution in [3.63, 3.8) is 0 Å². The molecule has 0 aromatic rings. The van der Waals surface area contributed by atoms with E-state index in [-0.39, 0.29) is 51.4 Å². The molecule has 5 heteroatoms. The van der Waals surface area contributed by atoms with Crippen molar-refractivity contribution < 1.29 is 20.6 Å². The predicted octanol–water partition coefficient (Wildman–Crippen LogP) is -0.768. The van der Waals surface area contributed by atoms with Crippen molar-refractivity contribution in [3.05, 3.63) is 0 Å². The van der Waals surface area contributed by atoms with Gasteiger partial charge in [-0.2, -0.15) is 0 Å². The molecule has 0 atom stereocenters. The molecular formula is H3KO4. The van der Waals surface area contributed by atoms with Crippen LogP contribution in [0.4, 0.5) is 0 Å². The number of hydrogen-bond acceptors (Lipinski definition) is 4. The van der Waals surface area contributed by atoms with E-state index in [4.69, 9.17) is 10.5 Å². The summed E-state index contributed by atoms with van der Waals surface area (Å²) in [7, 11) is 0. The molecule has 28 valence electrons. The van der Waals surface area contributed by atoms with Gasteiger partial charge in [-0.15, -0.1) is 0 Å². The first-order valence-corrected chi connectivity index (χ1v) is 0.532. The summed E-state index contributed by atoms with van der Waals surface area (Å²) in [6, 6.07) is 0. The van der Waals surface area contributed by atoms with E-state index < -0.39 is 0 Å². The summed E-state index contributed by atoms with van der Waals surface area (Å²) < 4.78 is 0. The molecule has 0 aliphatic carbocycles. The molecule has 0 aliphatic rings. The second-order valence-electron chi connectivity index (χ2n) is 0.149. The summed E-state index contributed by atoms with van der Waals surface area (Å²) in [5, 5.41) is 19.0. The average Bonchev–Trinajstić information content (AvgIpc) is 1.37. The van der Waals surface area contributed by atoms with Crippen LogP contribution in [0.25, 0.3) is 0 Å². The van der Waals surface area contributed by atoms with Crippen LogP contribution >= 0.6 is 0 Å². The van der Waals surface area contributed by atoms with Crippen LogP contribution in [0.3, 0.4) is 0 Å². The van der Waals surface area contributed by atoms with Crippen LogP contribution in [0.15, 0.2) is 0 Å². The Hall–Kier alpha value is 1.48. The summed E-state index contributed by atoms with van der Waals surface area (Å²) >= 11 is 0. The fourth-order valence-corrected chi connectivity index (χ4v) is 0. The first-order valence-electron chi connectivity index (χ1n) is 0.532. The first-order chi connectivity index (χ1) is 1.91. The SMILES string of the molecule is OOOO.[KH]. The van der Waals surface area contributed by atoms with Gasteiger partial charge in [0, 0.05) is 0 Å². The van der Waals surface area contributed by atoms with Crippen molar-refractivity contribution in [1.82, 2.24) is 0 Å². The Bertz CT molecular complexity index is 5.61. The molecule has 0 saturated carbocycles. The molecule has 5 heavy (non-hydrogen) atoms. The van der Waals surface area contributed by atoms with E-state index in [0.29, 0.717) is 0 Å². The molecule has 0 spiro atoms. The van der Waals surface area contributed by atoms with E-state index in [1.807, 2.05) is 0 Å². The van der Waals surface area contributed by atoms with Crippen LogP contribution in [0.2, 0.25) is 0 Å². The molecule has 0 saturated heterocycles. The topological polar surface area (TPSA) is 58.9 Å². The van der Waals surface area contributed by atoms with Crippen LogP contribution in [0, 0.1) is 0 Å². The van der Waals surface area contributed by atoms with E-state index >= 15 is 0 Å². The zero-order valence-corrected chi connectivity index (χ0v) is 1.71. The molecule has 0 bridgehead atoms. The summed E-state index contributed by atoms with van der Waals surface area (Å²) in [6.45, 7) is 0. The average molecular weight is 106 g/mol. The van der Waals surface area contributed by atoms with Crippen molar-refractivity contribution >= 4 is 51.4 Å². The van der Waals surface area contributed by atoms with Crippen LogP contribution < -0.4 is 0 Å². The van der Waals surface area contributed by atoms with E-state index in [9.17, 15) is 0 Å². The van der Waals surface area contributed by atoms with Crippen LogP contribution in [-0.4, -0.2) is 61.9 Å². The fraction of sp³-hybridized carbons (Fsp3) is 0. The number of hydrogen-bond donors (Lipinski definition) is 2. The van der Waals surface area contributed by atoms with Gasteiger partial charge in [0.15, 0.2) is 0 Å². The third-order valence-corrected chi connectivity index (χ3v) is 0.0333. The zero-order chi connectivity index (χ0) is 3.41. The molecule has 0 radical (unpaired) electrons. The molecular weight excluding hydrogens is 103 g/mol. The van der Waals surface area contributed by atoms with Gasteiger partial charge in [0.2, 0.25) is 0 Å². The molecule has 0 aromatic heterocycles. The van der Waals surface area contributed by atoms with Crippen LogP contribution in [0.5, 0.6) is 0 Å². The molecule has 0 fully saturated rings. The van der Waals surface area contributed by atoms with Crippen molar-refractivity contribution in [2.45, 2.75) is 0 Å². The summed E-state index contributed by atoms with van der Waals surface area (Å²) in [4.78, 5) is 0. The van der Waals surface area contributed by atoms with Gasteiger partial charge in [-0.25, -0.2) is 10.5 Å². The standard InChI is InChI=1S/K.H2O4.H/c;1-3-4-2;/h;1-2H;. The van der Waals surface area contributed by atoms with Gasteiger partial charge in [0.05, 0.1) is 0 Å². The monoisotopic (exact) mass is 106 g/mol. The maximum absolute atomic E-state index is 6.90. The molecule has 0 rings (SSSR count). The molecule has 0 aromatic carbocycles. The second kappa shape index (κ2) is 9.08. The Morgan fingerprint density at radius 2 is 1.20 bits per heavy atom. The van der Waals surface area contributed by atoms with Crippen molar-refractivity contribution in [3.8, 4) is 0 Å². The molecule has 0 aliphatic heterocycles. The Morgan fingerprint density at radius 1 is 1.00 bits per heavy atom. The van der Waals surface area contributed by atoms with E-state index in [1.165, 1.54) is 0 Å². The van der Waals surface area contributed by atoms with Crippen LogP contribution in [-0.2, 0) is 10.1 Å². The third-order valence-electron chi connectivity index (χ3n) is 0.0333. The molecule has 0 heterocycles. The van der Waals surface area contributed by atoms with Crippen LogP contribution in [0.1, 0.15) is 0 Å². The van der Waals surface area contributed by atoms with Gasteiger partial charge in [0.25, 0.3) is 0 Å². The van der Waals surface area contributed by atoms with Gasteiger partial charge in [0.1, 0.15) is 0 Å². The zero-order valence-electron chi connectivity index (χ0n) is 1.71. The maximum atomic E-state index is 6.90. The van der Waals surface area contributed by atoms with Gasteiger partial charge in [-0.1, -0.05) is 0 Å². The van der Waals surface area contributed by atoms with Crippen molar-refractivity contribution in [1.29, 1.82) is 0 Å². The molecule has 2 N–H and O–H groups in total. The fourth-order valence-electron chi connectivity index (χ4n) is 0. The predicted molar refractivity (Wildman–Crippen MR) is 14.6 cm³/mol. The molecule has 0 amide bonds. The Kier molecular flexibility index (Phi) is 17.6. The summed E-state index contributed by atoms with van der Waals surface area (Å²) in [5.41, 5.74) is 0. The Labute approximate surface area is 70.9 Å². The van der Waals surface area contributed by atoms with Gasteiger partial charge in [-0.05, 0) is 10.1 Å². The summed E-state index contributed by atoms with van der Waals surface area (Å²) in [6.07, 6.45) is 0. The summed E-state index contributed by atoms with van der Waals surface area (Å²) in [5.74, 6) is 0. The van der Waals surface area contributed by atoms with Crippen molar-refractivity contribution in [2.75, 3.05) is 0 Å². The third kappa shape index (κ3) is 10.8. The normalized spacial score (nSPS) is 6.00. The second-order valence-corrected chi connectivity index (χ2v) is 0.149. The van der Waals surface area contributed by atoms with E-state index in [1.54, 1.807) is 0 Å². The Morgan fingerprint density at radius 3 is 1.20 bits per heavy atom. The van der Waals surface area contributed by atoms with E-state index in [2.05, 4.69) is 10.1 Å². The first kappa shape index (κ1) is 9.69. The minimum atomic E-state index is 0. The van der Waals surface area contributed by atoms with Gasteiger partial charge in [-0.3, -0.25) is 0 Å².